The fourth-order valence-corrected chi connectivity index (χ4v) is 6.25. The predicted molar refractivity (Wildman–Crippen MR) is 122 cm³/mol. The molecule has 1 aliphatic heterocycles. The van der Waals surface area contributed by atoms with Gasteiger partial charge in [-0.1, -0.05) is 42.1 Å². The minimum Gasteiger partial charge on any atom is -0.455 e. The lowest BCUT2D eigenvalue weighted by Crippen LogP contribution is -2.43. The summed E-state index contributed by atoms with van der Waals surface area (Å²) in [7, 11) is -3.36. The number of rotatable bonds is 7. The van der Waals surface area contributed by atoms with Crippen LogP contribution >= 0.6 is 23.1 Å². The van der Waals surface area contributed by atoms with Crippen molar-refractivity contribution in [2.45, 2.75) is 10.4 Å². The fourth-order valence-electron chi connectivity index (χ4n) is 3.12. The molecule has 0 fully saturated rings. The van der Waals surface area contributed by atoms with Crippen LogP contribution in [-0.4, -0.2) is 49.4 Å². The first-order chi connectivity index (χ1) is 14.9. The molecule has 0 N–H and O–H groups in total. The zero-order valence-corrected chi connectivity index (χ0v) is 18.7. The van der Waals surface area contributed by atoms with Crippen molar-refractivity contribution in [3.63, 3.8) is 0 Å². The van der Waals surface area contributed by atoms with Crippen molar-refractivity contribution in [3.8, 4) is 0 Å². The number of amides is 1. The van der Waals surface area contributed by atoms with Gasteiger partial charge >= 0.3 is 5.97 Å². The van der Waals surface area contributed by atoms with E-state index in [4.69, 9.17) is 4.74 Å². The first kappa shape index (κ1) is 21.5. The minimum absolute atomic E-state index is 0.0240. The third-order valence-electron chi connectivity index (χ3n) is 4.49. The van der Waals surface area contributed by atoms with Crippen LogP contribution in [0, 0.1) is 0 Å². The van der Waals surface area contributed by atoms with Gasteiger partial charge in [0, 0.05) is 11.1 Å². The van der Waals surface area contributed by atoms with Crippen molar-refractivity contribution in [2.24, 2.45) is 0 Å². The molecule has 1 atom stereocenters. The Balaban J connectivity index is 1.37. The molecule has 0 aliphatic carbocycles. The number of aromatic nitrogens is 1. The number of esters is 1. The summed E-state index contributed by atoms with van der Waals surface area (Å²) < 4.78 is 30.6. The number of thioether (sulfide) groups is 1. The second-order valence-electron chi connectivity index (χ2n) is 6.72. The fraction of sp³-hybridized carbons (Fsp3) is 0.190. The molecular weight excluding hydrogens is 456 g/mol. The van der Waals surface area contributed by atoms with Crippen LogP contribution in [0.1, 0.15) is 0 Å². The Labute approximate surface area is 187 Å². The molecular formula is C21H18N2O5S3. The Morgan fingerprint density at radius 1 is 1.13 bits per heavy atom. The first-order valence-corrected chi connectivity index (χ1v) is 12.9. The molecule has 0 saturated carbocycles. The molecule has 1 unspecified atom stereocenters. The molecule has 0 saturated heterocycles. The Kier molecular flexibility index (Phi) is 6.40. The Bertz CT molecular complexity index is 1210. The summed E-state index contributed by atoms with van der Waals surface area (Å²) in [5.41, 5.74) is 1.41. The zero-order valence-electron chi connectivity index (χ0n) is 16.2. The van der Waals surface area contributed by atoms with Crippen molar-refractivity contribution >= 4 is 60.7 Å². The SMILES string of the molecule is O=C(CSc1nc2ccccc2s1)OCC(=O)N(c1ccccc1)C1C=CS(=O)(=O)C1. The van der Waals surface area contributed by atoms with Crippen LogP contribution in [0.5, 0.6) is 0 Å². The van der Waals surface area contributed by atoms with Gasteiger partial charge in [0.05, 0.1) is 27.8 Å². The highest BCUT2D eigenvalue weighted by Crippen LogP contribution is 2.29. The summed E-state index contributed by atoms with van der Waals surface area (Å²) in [5.74, 6) is -1.21. The molecule has 1 amide bonds. The summed E-state index contributed by atoms with van der Waals surface area (Å²) >= 11 is 2.74. The highest BCUT2D eigenvalue weighted by Gasteiger charge is 2.31. The second kappa shape index (κ2) is 9.21. The molecule has 7 nitrogen and oxygen atoms in total. The number of carbonyl (C=O) groups excluding carboxylic acids is 2. The zero-order chi connectivity index (χ0) is 21.8. The van der Waals surface area contributed by atoms with E-state index in [1.54, 1.807) is 30.3 Å². The molecule has 3 aromatic rings. The van der Waals surface area contributed by atoms with E-state index in [9.17, 15) is 18.0 Å². The van der Waals surface area contributed by atoms with Crippen molar-refractivity contribution in [1.82, 2.24) is 4.98 Å². The number of anilines is 1. The van der Waals surface area contributed by atoms with E-state index >= 15 is 0 Å². The molecule has 10 heteroatoms. The number of ether oxygens (including phenoxy) is 1. The second-order valence-corrected chi connectivity index (χ2v) is 10.9. The lowest BCUT2D eigenvalue weighted by molar-refractivity contribution is -0.145. The highest BCUT2D eigenvalue weighted by molar-refractivity contribution is 8.01. The number of thiazole rings is 1. The minimum atomic E-state index is -3.36. The van der Waals surface area contributed by atoms with Gasteiger partial charge in [-0.15, -0.1) is 11.3 Å². The third-order valence-corrected chi connectivity index (χ3v) is 8.02. The van der Waals surface area contributed by atoms with Crippen molar-refractivity contribution in [2.75, 3.05) is 23.0 Å². The number of hydrogen-bond donors (Lipinski definition) is 0. The van der Waals surface area contributed by atoms with Gasteiger partial charge in [-0.2, -0.15) is 0 Å². The molecule has 1 aromatic heterocycles. The summed E-state index contributed by atoms with van der Waals surface area (Å²) in [6.07, 6.45) is 1.48. The Morgan fingerprint density at radius 3 is 2.58 bits per heavy atom. The average molecular weight is 475 g/mol. The molecule has 160 valence electrons. The molecule has 0 bridgehead atoms. The smallest absolute Gasteiger partial charge is 0.316 e. The van der Waals surface area contributed by atoms with Crippen LogP contribution in [0.2, 0.25) is 0 Å². The van der Waals surface area contributed by atoms with Crippen LogP contribution in [0.25, 0.3) is 10.2 Å². The van der Waals surface area contributed by atoms with Crippen molar-refractivity contribution in [3.05, 3.63) is 66.1 Å². The van der Waals surface area contributed by atoms with E-state index < -0.39 is 34.4 Å². The standard InChI is InChI=1S/C21H18N2O5S3/c24-19(23(15-6-2-1-3-7-15)16-10-11-31(26,27)14-16)12-28-20(25)13-29-21-22-17-8-4-5-9-18(17)30-21/h1-11,16H,12-14H2. The number of sulfone groups is 1. The quantitative estimate of drug-likeness (QED) is 0.383. The van der Waals surface area contributed by atoms with Gasteiger partial charge in [-0.25, -0.2) is 13.4 Å². The van der Waals surface area contributed by atoms with E-state index in [0.29, 0.717) is 5.69 Å². The van der Waals surface area contributed by atoms with Crippen LogP contribution in [0.15, 0.2) is 70.4 Å². The van der Waals surface area contributed by atoms with E-state index in [2.05, 4.69) is 4.98 Å². The van der Waals surface area contributed by atoms with Gasteiger partial charge < -0.3 is 9.64 Å². The lowest BCUT2D eigenvalue weighted by atomic mass is 10.2. The van der Waals surface area contributed by atoms with Crippen molar-refractivity contribution < 1.29 is 22.7 Å². The highest BCUT2D eigenvalue weighted by atomic mass is 32.2. The Hall–Kier alpha value is -2.69. The molecule has 0 radical (unpaired) electrons. The molecule has 2 aromatic carbocycles. The number of benzene rings is 2. The van der Waals surface area contributed by atoms with Crippen molar-refractivity contribution in [1.29, 1.82) is 0 Å². The number of nitrogens with zero attached hydrogens (tertiary/aromatic N) is 2. The third kappa shape index (κ3) is 5.33. The van der Waals surface area contributed by atoms with Crippen LogP contribution in [0.3, 0.4) is 0 Å². The Morgan fingerprint density at radius 2 is 1.87 bits per heavy atom. The topological polar surface area (TPSA) is 93.6 Å². The number of carbonyl (C=O) groups is 2. The molecule has 0 spiro atoms. The van der Waals surface area contributed by atoms with Crippen LogP contribution < -0.4 is 4.90 Å². The lowest BCUT2D eigenvalue weighted by Gasteiger charge is -2.27. The van der Waals surface area contributed by atoms with Crippen LogP contribution in [0.4, 0.5) is 5.69 Å². The van der Waals surface area contributed by atoms with Crippen LogP contribution in [-0.2, 0) is 24.2 Å². The van der Waals surface area contributed by atoms with E-state index in [-0.39, 0.29) is 11.5 Å². The number of hydrogen-bond acceptors (Lipinski definition) is 8. The largest absolute Gasteiger partial charge is 0.455 e. The van der Waals surface area contributed by atoms with Gasteiger partial charge in [0.15, 0.2) is 20.8 Å². The maximum atomic E-state index is 12.8. The van der Waals surface area contributed by atoms with Gasteiger partial charge in [0.25, 0.3) is 5.91 Å². The number of para-hydroxylation sites is 2. The molecule has 4 rings (SSSR count). The summed E-state index contributed by atoms with van der Waals surface area (Å²) in [5, 5.41) is 1.11. The molecule has 31 heavy (non-hydrogen) atoms. The molecule has 2 heterocycles. The normalized spacial score (nSPS) is 17.0. The van der Waals surface area contributed by atoms with Gasteiger partial charge in [-0.05, 0) is 30.3 Å². The summed E-state index contributed by atoms with van der Waals surface area (Å²) in [6.45, 7) is -0.474. The summed E-state index contributed by atoms with van der Waals surface area (Å²) in [6, 6.07) is 15.8. The van der Waals surface area contributed by atoms with Gasteiger partial charge in [-0.3, -0.25) is 9.59 Å². The molecule has 1 aliphatic rings. The average Bonchev–Trinajstić information content (AvgIpc) is 3.34. The summed E-state index contributed by atoms with van der Waals surface area (Å²) in [4.78, 5) is 30.8. The van der Waals surface area contributed by atoms with E-state index in [0.717, 1.165) is 20.0 Å². The van der Waals surface area contributed by atoms with E-state index in [1.807, 2.05) is 24.3 Å². The number of fused-ring (bicyclic) bond motifs is 1. The monoisotopic (exact) mass is 474 g/mol. The predicted octanol–water partition coefficient (Wildman–Crippen LogP) is 3.28. The maximum absolute atomic E-state index is 12.8. The van der Waals surface area contributed by atoms with E-state index in [1.165, 1.54) is 34.1 Å². The maximum Gasteiger partial charge on any atom is 0.316 e. The van der Waals surface area contributed by atoms with Gasteiger partial charge in [0.2, 0.25) is 0 Å². The van der Waals surface area contributed by atoms with Gasteiger partial charge in [0.1, 0.15) is 0 Å². The first-order valence-electron chi connectivity index (χ1n) is 9.33.